The van der Waals surface area contributed by atoms with Crippen LogP contribution < -0.4 is 0 Å². The number of unbranched alkanes of at least 4 members (excludes halogenated alkanes) is 3. The minimum absolute atomic E-state index is 0.745. The topological polar surface area (TPSA) is 48.2 Å². The third-order valence-electron chi connectivity index (χ3n) is 2.04. The molecule has 0 amide bonds. The molecule has 0 radical (unpaired) electrons. The lowest BCUT2D eigenvalue weighted by Gasteiger charge is -2.00. The second-order valence-electron chi connectivity index (χ2n) is 3.19. The van der Waals surface area contributed by atoms with Gasteiger partial charge in [0.25, 0.3) is 0 Å². The average molecular weight is 198 g/mol. The van der Waals surface area contributed by atoms with Crippen LogP contribution in [-0.4, -0.2) is 23.4 Å². The van der Waals surface area contributed by atoms with E-state index < -0.39 is 0 Å². The Morgan fingerprint density at radius 3 is 2.86 bits per heavy atom. The van der Waals surface area contributed by atoms with Gasteiger partial charge in [0.05, 0.1) is 0 Å². The quantitative estimate of drug-likeness (QED) is 0.601. The Bertz CT molecular complexity index is 212. The molecule has 0 atom stereocenters. The third-order valence-corrected chi connectivity index (χ3v) is 2.04. The number of rotatable bonds is 8. The zero-order chi connectivity index (χ0) is 10.1. The van der Waals surface area contributed by atoms with E-state index >= 15 is 0 Å². The van der Waals surface area contributed by atoms with E-state index in [1.807, 2.05) is 6.92 Å². The van der Waals surface area contributed by atoms with Gasteiger partial charge in [0, 0.05) is 19.6 Å². The van der Waals surface area contributed by atoms with E-state index in [4.69, 9.17) is 9.15 Å². The molecule has 0 spiro atoms. The molecule has 0 aliphatic carbocycles. The molecular formula is C10H18N2O2. The van der Waals surface area contributed by atoms with Crippen molar-refractivity contribution in [2.24, 2.45) is 0 Å². The highest BCUT2D eigenvalue weighted by Gasteiger charge is 1.97. The van der Waals surface area contributed by atoms with Crippen LogP contribution in [0.25, 0.3) is 0 Å². The van der Waals surface area contributed by atoms with Gasteiger partial charge in [-0.2, -0.15) is 0 Å². The monoisotopic (exact) mass is 198 g/mol. The Balaban J connectivity index is 1.85. The lowest BCUT2D eigenvalue weighted by Crippen LogP contribution is -1.93. The highest BCUT2D eigenvalue weighted by Crippen LogP contribution is 2.05. The van der Waals surface area contributed by atoms with E-state index in [2.05, 4.69) is 10.2 Å². The molecule has 0 bridgehead atoms. The minimum Gasteiger partial charge on any atom is -0.428 e. The van der Waals surface area contributed by atoms with Crippen molar-refractivity contribution in [1.82, 2.24) is 10.2 Å². The first-order valence-electron chi connectivity index (χ1n) is 5.26. The Morgan fingerprint density at radius 1 is 1.29 bits per heavy atom. The molecule has 14 heavy (non-hydrogen) atoms. The minimum atomic E-state index is 0.745. The first kappa shape index (κ1) is 11.2. The van der Waals surface area contributed by atoms with Crippen LogP contribution in [0.5, 0.6) is 0 Å². The van der Waals surface area contributed by atoms with Crippen LogP contribution in [0.15, 0.2) is 10.8 Å². The van der Waals surface area contributed by atoms with E-state index in [0.717, 1.165) is 38.4 Å². The van der Waals surface area contributed by atoms with Crippen LogP contribution in [0.2, 0.25) is 0 Å². The number of ether oxygens (including phenoxy) is 1. The average Bonchev–Trinajstić information content (AvgIpc) is 2.69. The normalized spacial score (nSPS) is 10.6. The van der Waals surface area contributed by atoms with Crippen molar-refractivity contribution in [3.63, 3.8) is 0 Å². The number of nitrogens with zero attached hydrogens (tertiary/aromatic N) is 2. The smallest absolute Gasteiger partial charge is 0.216 e. The molecule has 1 rings (SSSR count). The summed E-state index contributed by atoms with van der Waals surface area (Å²) in [5.74, 6) is 0.745. The van der Waals surface area contributed by atoms with Crippen LogP contribution in [-0.2, 0) is 11.2 Å². The molecule has 1 heterocycles. The maximum absolute atomic E-state index is 5.25. The zero-order valence-corrected chi connectivity index (χ0v) is 8.74. The molecule has 1 aromatic rings. The van der Waals surface area contributed by atoms with E-state index in [1.165, 1.54) is 19.2 Å². The number of hydrogen-bond acceptors (Lipinski definition) is 4. The summed E-state index contributed by atoms with van der Waals surface area (Å²) in [5.41, 5.74) is 0. The van der Waals surface area contributed by atoms with Gasteiger partial charge in [-0.3, -0.25) is 0 Å². The van der Waals surface area contributed by atoms with Crippen LogP contribution in [0.3, 0.4) is 0 Å². The highest BCUT2D eigenvalue weighted by molar-refractivity contribution is 4.71. The maximum atomic E-state index is 5.25. The van der Waals surface area contributed by atoms with E-state index in [-0.39, 0.29) is 0 Å². The van der Waals surface area contributed by atoms with Crippen molar-refractivity contribution < 1.29 is 9.15 Å². The van der Waals surface area contributed by atoms with Crippen molar-refractivity contribution in [3.05, 3.63) is 12.3 Å². The Morgan fingerprint density at radius 2 is 2.14 bits per heavy atom. The van der Waals surface area contributed by atoms with Gasteiger partial charge >= 0.3 is 0 Å². The van der Waals surface area contributed by atoms with Crippen LogP contribution in [0.1, 0.15) is 38.5 Å². The van der Waals surface area contributed by atoms with Gasteiger partial charge in [0.2, 0.25) is 12.3 Å². The lowest BCUT2D eigenvalue weighted by atomic mass is 10.1. The largest absolute Gasteiger partial charge is 0.428 e. The molecule has 1 aromatic heterocycles. The molecule has 0 N–H and O–H groups in total. The molecule has 0 aliphatic rings. The van der Waals surface area contributed by atoms with Gasteiger partial charge in [-0.15, -0.1) is 10.2 Å². The summed E-state index contributed by atoms with van der Waals surface area (Å²) in [6.45, 7) is 3.73. The standard InChI is InChI=1S/C10H18N2O2/c1-2-13-8-6-4-3-5-7-10-12-11-9-14-10/h9H,2-8H2,1H3. The van der Waals surface area contributed by atoms with Gasteiger partial charge in [-0.1, -0.05) is 12.8 Å². The second kappa shape index (κ2) is 7.50. The van der Waals surface area contributed by atoms with Gasteiger partial charge < -0.3 is 9.15 Å². The fraction of sp³-hybridized carbons (Fsp3) is 0.800. The zero-order valence-electron chi connectivity index (χ0n) is 8.74. The van der Waals surface area contributed by atoms with Crippen LogP contribution in [0.4, 0.5) is 0 Å². The summed E-state index contributed by atoms with van der Waals surface area (Å²) in [5, 5.41) is 7.45. The Kier molecular flexibility index (Phi) is 5.99. The van der Waals surface area contributed by atoms with Gasteiger partial charge in [-0.05, 0) is 19.8 Å². The SMILES string of the molecule is CCOCCCCCCc1nnco1. The predicted molar refractivity (Wildman–Crippen MR) is 53.0 cm³/mol. The maximum Gasteiger partial charge on any atom is 0.216 e. The summed E-state index contributed by atoms with van der Waals surface area (Å²) in [7, 11) is 0. The van der Waals surface area contributed by atoms with Gasteiger partial charge in [0.1, 0.15) is 0 Å². The first-order valence-corrected chi connectivity index (χ1v) is 5.26. The predicted octanol–water partition coefficient (Wildman–Crippen LogP) is 2.21. The Labute approximate surface area is 84.7 Å². The molecule has 0 unspecified atom stereocenters. The molecule has 0 saturated carbocycles. The molecule has 0 aromatic carbocycles. The number of aromatic nitrogens is 2. The van der Waals surface area contributed by atoms with Crippen molar-refractivity contribution in [3.8, 4) is 0 Å². The molecular weight excluding hydrogens is 180 g/mol. The van der Waals surface area contributed by atoms with Crippen LogP contribution in [0, 0.1) is 0 Å². The summed E-state index contributed by atoms with van der Waals surface area (Å²) in [6.07, 6.45) is 6.97. The van der Waals surface area contributed by atoms with E-state index in [9.17, 15) is 0 Å². The fourth-order valence-electron chi connectivity index (χ4n) is 1.28. The van der Waals surface area contributed by atoms with Crippen molar-refractivity contribution in [1.29, 1.82) is 0 Å². The summed E-state index contributed by atoms with van der Waals surface area (Å²) < 4.78 is 10.3. The van der Waals surface area contributed by atoms with Gasteiger partial charge in [0.15, 0.2) is 0 Å². The summed E-state index contributed by atoms with van der Waals surface area (Å²) in [6, 6.07) is 0. The Hall–Kier alpha value is -0.900. The summed E-state index contributed by atoms with van der Waals surface area (Å²) in [4.78, 5) is 0. The number of aryl methyl sites for hydroxylation is 1. The molecule has 0 aliphatic heterocycles. The summed E-state index contributed by atoms with van der Waals surface area (Å²) >= 11 is 0. The molecule has 4 heteroatoms. The fourth-order valence-corrected chi connectivity index (χ4v) is 1.28. The van der Waals surface area contributed by atoms with Crippen molar-refractivity contribution in [2.75, 3.05) is 13.2 Å². The lowest BCUT2D eigenvalue weighted by molar-refractivity contribution is 0.143. The second-order valence-corrected chi connectivity index (χ2v) is 3.19. The highest BCUT2D eigenvalue weighted by atomic mass is 16.5. The molecule has 0 saturated heterocycles. The third kappa shape index (κ3) is 4.97. The first-order chi connectivity index (χ1) is 6.93. The van der Waals surface area contributed by atoms with E-state index in [0.29, 0.717) is 0 Å². The van der Waals surface area contributed by atoms with Crippen molar-refractivity contribution in [2.45, 2.75) is 39.0 Å². The van der Waals surface area contributed by atoms with E-state index in [1.54, 1.807) is 0 Å². The van der Waals surface area contributed by atoms with Gasteiger partial charge in [-0.25, -0.2) is 0 Å². The molecule has 4 nitrogen and oxygen atoms in total. The molecule has 0 fully saturated rings. The van der Waals surface area contributed by atoms with Crippen LogP contribution >= 0.6 is 0 Å². The van der Waals surface area contributed by atoms with Crippen molar-refractivity contribution >= 4 is 0 Å². The number of hydrogen-bond donors (Lipinski definition) is 0. The molecule has 80 valence electrons.